The van der Waals surface area contributed by atoms with Crippen LogP contribution in [0.15, 0.2) is 30.3 Å². The fourth-order valence-corrected chi connectivity index (χ4v) is 2.29. The molecule has 1 aromatic rings. The highest BCUT2D eigenvalue weighted by Crippen LogP contribution is 2.21. The molecule has 2 rings (SSSR count). The Morgan fingerprint density at radius 3 is 2.42 bits per heavy atom. The number of hydrogen-bond donors (Lipinski definition) is 1. The molecule has 19 heavy (non-hydrogen) atoms. The highest BCUT2D eigenvalue weighted by Gasteiger charge is 2.22. The van der Waals surface area contributed by atoms with Crippen molar-refractivity contribution >= 4 is 6.03 Å². The minimum absolute atomic E-state index is 0.00542. The van der Waals surface area contributed by atoms with Crippen molar-refractivity contribution in [3.05, 3.63) is 35.9 Å². The van der Waals surface area contributed by atoms with Gasteiger partial charge in [0.25, 0.3) is 0 Å². The van der Waals surface area contributed by atoms with Crippen LogP contribution < -0.4 is 5.32 Å². The van der Waals surface area contributed by atoms with Crippen molar-refractivity contribution in [1.29, 1.82) is 0 Å². The normalized spacial score (nSPS) is 17.3. The van der Waals surface area contributed by atoms with Gasteiger partial charge >= 0.3 is 6.03 Å². The van der Waals surface area contributed by atoms with Gasteiger partial charge in [0.1, 0.15) is 0 Å². The summed E-state index contributed by atoms with van der Waals surface area (Å²) in [6.07, 6.45) is 0. The predicted molar refractivity (Wildman–Crippen MR) is 74.9 cm³/mol. The number of carbonyl (C=O) groups is 1. The van der Waals surface area contributed by atoms with Gasteiger partial charge in [-0.1, -0.05) is 44.2 Å². The molecule has 1 aliphatic heterocycles. The van der Waals surface area contributed by atoms with E-state index in [9.17, 15) is 4.79 Å². The highest BCUT2D eigenvalue weighted by atomic mass is 16.5. The largest absolute Gasteiger partial charge is 0.378 e. The first kappa shape index (κ1) is 13.9. The number of urea groups is 1. The first-order chi connectivity index (χ1) is 9.18. The van der Waals surface area contributed by atoms with Crippen LogP contribution in [-0.4, -0.2) is 37.2 Å². The van der Waals surface area contributed by atoms with Crippen LogP contribution in [0.3, 0.4) is 0 Å². The lowest BCUT2D eigenvalue weighted by molar-refractivity contribution is 0.0520. The molecule has 104 valence electrons. The second-order valence-electron chi connectivity index (χ2n) is 5.18. The van der Waals surface area contributed by atoms with E-state index in [-0.39, 0.29) is 12.1 Å². The lowest BCUT2D eigenvalue weighted by atomic mass is 9.96. The number of morpholine rings is 1. The Hall–Kier alpha value is -1.55. The van der Waals surface area contributed by atoms with Crippen molar-refractivity contribution in [3.8, 4) is 0 Å². The second kappa shape index (κ2) is 6.57. The van der Waals surface area contributed by atoms with Gasteiger partial charge in [-0.3, -0.25) is 0 Å². The zero-order valence-corrected chi connectivity index (χ0v) is 11.6. The molecule has 1 aliphatic rings. The highest BCUT2D eigenvalue weighted by molar-refractivity contribution is 5.74. The first-order valence-corrected chi connectivity index (χ1v) is 6.86. The number of rotatable bonds is 3. The Kier molecular flexibility index (Phi) is 4.80. The molecule has 0 unspecified atom stereocenters. The second-order valence-corrected chi connectivity index (χ2v) is 5.18. The zero-order valence-electron chi connectivity index (χ0n) is 11.6. The molecule has 1 atom stereocenters. The van der Waals surface area contributed by atoms with E-state index in [1.807, 2.05) is 23.1 Å². The minimum atomic E-state index is 0.00542. The van der Waals surface area contributed by atoms with Gasteiger partial charge in [0.15, 0.2) is 0 Å². The van der Waals surface area contributed by atoms with Crippen LogP contribution in [0, 0.1) is 5.92 Å². The van der Waals surface area contributed by atoms with Crippen molar-refractivity contribution in [1.82, 2.24) is 10.2 Å². The topological polar surface area (TPSA) is 41.6 Å². The van der Waals surface area contributed by atoms with E-state index < -0.39 is 0 Å². The van der Waals surface area contributed by atoms with Crippen molar-refractivity contribution in [2.45, 2.75) is 19.9 Å². The average Bonchev–Trinajstić information content (AvgIpc) is 2.46. The lowest BCUT2D eigenvalue weighted by Crippen LogP contribution is -2.47. The Labute approximate surface area is 114 Å². The summed E-state index contributed by atoms with van der Waals surface area (Å²) in [5, 5.41) is 3.13. The molecule has 1 saturated heterocycles. The van der Waals surface area contributed by atoms with Gasteiger partial charge in [-0.15, -0.1) is 0 Å². The zero-order chi connectivity index (χ0) is 13.7. The van der Waals surface area contributed by atoms with Crippen LogP contribution in [0.25, 0.3) is 0 Å². The molecule has 1 N–H and O–H groups in total. The van der Waals surface area contributed by atoms with Gasteiger partial charge in [0.05, 0.1) is 19.3 Å². The number of benzene rings is 1. The fourth-order valence-electron chi connectivity index (χ4n) is 2.29. The van der Waals surface area contributed by atoms with Crippen LogP contribution in [-0.2, 0) is 4.74 Å². The summed E-state index contributed by atoms with van der Waals surface area (Å²) in [4.78, 5) is 14.1. The number of nitrogens with zero attached hydrogens (tertiary/aromatic N) is 1. The third kappa shape index (κ3) is 3.70. The molecule has 4 heteroatoms. The van der Waals surface area contributed by atoms with E-state index >= 15 is 0 Å². The van der Waals surface area contributed by atoms with Gasteiger partial charge in [-0.25, -0.2) is 4.79 Å². The molecule has 0 aliphatic carbocycles. The summed E-state index contributed by atoms with van der Waals surface area (Å²) in [6, 6.07) is 10.2. The van der Waals surface area contributed by atoms with Crippen LogP contribution in [0.1, 0.15) is 25.5 Å². The third-order valence-electron chi connectivity index (χ3n) is 3.40. The summed E-state index contributed by atoms with van der Waals surface area (Å²) in [7, 11) is 0. The smallest absolute Gasteiger partial charge is 0.318 e. The lowest BCUT2D eigenvalue weighted by Gasteiger charge is -2.30. The quantitative estimate of drug-likeness (QED) is 0.909. The molecular formula is C15H22N2O2. The number of amides is 2. The SMILES string of the molecule is CC(C)[C@@H](NC(=O)N1CCOCC1)c1ccccc1. The summed E-state index contributed by atoms with van der Waals surface area (Å²) in [6.45, 7) is 6.85. The van der Waals surface area contributed by atoms with E-state index in [0.29, 0.717) is 32.2 Å². The average molecular weight is 262 g/mol. The van der Waals surface area contributed by atoms with Crippen molar-refractivity contribution in [3.63, 3.8) is 0 Å². The van der Waals surface area contributed by atoms with E-state index in [1.54, 1.807) is 0 Å². The van der Waals surface area contributed by atoms with Crippen molar-refractivity contribution in [2.24, 2.45) is 5.92 Å². The van der Waals surface area contributed by atoms with Crippen LogP contribution in [0.2, 0.25) is 0 Å². The Bertz CT molecular complexity index is 400. The fraction of sp³-hybridized carbons (Fsp3) is 0.533. The molecule has 0 spiro atoms. The molecule has 1 fully saturated rings. The maximum absolute atomic E-state index is 12.2. The molecule has 1 aromatic carbocycles. The minimum Gasteiger partial charge on any atom is -0.378 e. The van der Waals surface area contributed by atoms with Crippen LogP contribution in [0.5, 0.6) is 0 Å². The molecule has 2 amide bonds. The van der Waals surface area contributed by atoms with E-state index in [0.717, 1.165) is 5.56 Å². The molecular weight excluding hydrogens is 240 g/mol. The first-order valence-electron chi connectivity index (χ1n) is 6.86. The summed E-state index contributed by atoms with van der Waals surface area (Å²) >= 11 is 0. The Balaban J connectivity index is 2.02. The molecule has 0 aromatic heterocycles. The van der Waals surface area contributed by atoms with Gasteiger partial charge in [0, 0.05) is 13.1 Å². The molecule has 4 nitrogen and oxygen atoms in total. The molecule has 1 heterocycles. The number of carbonyl (C=O) groups excluding carboxylic acids is 1. The number of nitrogens with one attached hydrogen (secondary N) is 1. The van der Waals surface area contributed by atoms with Crippen LogP contribution in [0.4, 0.5) is 4.79 Å². The van der Waals surface area contributed by atoms with Gasteiger partial charge in [-0.05, 0) is 11.5 Å². The maximum Gasteiger partial charge on any atom is 0.318 e. The summed E-state index contributed by atoms with van der Waals surface area (Å²) in [5.74, 6) is 0.354. The number of hydrogen-bond acceptors (Lipinski definition) is 2. The monoisotopic (exact) mass is 262 g/mol. The Morgan fingerprint density at radius 2 is 1.84 bits per heavy atom. The van der Waals surface area contributed by atoms with Crippen LogP contribution >= 0.6 is 0 Å². The molecule has 0 saturated carbocycles. The Morgan fingerprint density at radius 1 is 1.21 bits per heavy atom. The third-order valence-corrected chi connectivity index (χ3v) is 3.40. The van der Waals surface area contributed by atoms with E-state index in [2.05, 4.69) is 31.3 Å². The van der Waals surface area contributed by atoms with Crippen molar-refractivity contribution < 1.29 is 9.53 Å². The van der Waals surface area contributed by atoms with Gasteiger partial charge in [-0.2, -0.15) is 0 Å². The van der Waals surface area contributed by atoms with E-state index in [1.165, 1.54) is 0 Å². The van der Waals surface area contributed by atoms with Gasteiger partial charge < -0.3 is 15.0 Å². The van der Waals surface area contributed by atoms with Gasteiger partial charge in [0.2, 0.25) is 0 Å². The summed E-state index contributed by atoms with van der Waals surface area (Å²) < 4.78 is 5.27. The standard InChI is InChI=1S/C15H22N2O2/c1-12(2)14(13-6-4-3-5-7-13)16-15(18)17-8-10-19-11-9-17/h3-7,12,14H,8-11H2,1-2H3,(H,16,18)/t14-/m1/s1. The van der Waals surface area contributed by atoms with E-state index in [4.69, 9.17) is 4.74 Å². The molecule has 0 radical (unpaired) electrons. The summed E-state index contributed by atoms with van der Waals surface area (Å²) in [5.41, 5.74) is 1.15. The van der Waals surface area contributed by atoms with Crippen molar-refractivity contribution in [2.75, 3.05) is 26.3 Å². The maximum atomic E-state index is 12.2. The molecule has 0 bridgehead atoms. The predicted octanol–water partition coefficient (Wildman–Crippen LogP) is 2.43. The number of ether oxygens (including phenoxy) is 1.